The molecule has 3 rings (SSSR count). The van der Waals surface area contributed by atoms with Crippen molar-refractivity contribution in [2.24, 2.45) is 0 Å². The lowest BCUT2D eigenvalue weighted by molar-refractivity contribution is 0.109. The SMILES string of the molecule is Cc1ccc(Cc2nc(N)c3c(n2)CCOC3)cc1C. The van der Waals surface area contributed by atoms with Gasteiger partial charge in [0.05, 0.1) is 18.9 Å². The summed E-state index contributed by atoms with van der Waals surface area (Å²) >= 11 is 0. The third-order valence-corrected chi connectivity index (χ3v) is 3.83. The Hall–Kier alpha value is -1.94. The molecule has 1 aromatic heterocycles. The van der Waals surface area contributed by atoms with Crippen LogP contribution in [-0.4, -0.2) is 16.6 Å². The molecule has 1 aromatic carbocycles. The third kappa shape index (κ3) is 2.51. The molecular weight excluding hydrogens is 250 g/mol. The van der Waals surface area contributed by atoms with Crippen molar-refractivity contribution in [1.29, 1.82) is 0 Å². The smallest absolute Gasteiger partial charge is 0.135 e. The van der Waals surface area contributed by atoms with Gasteiger partial charge in [-0.3, -0.25) is 0 Å². The van der Waals surface area contributed by atoms with Crippen LogP contribution in [0.3, 0.4) is 0 Å². The zero-order valence-electron chi connectivity index (χ0n) is 11.9. The number of rotatable bonds is 2. The lowest BCUT2D eigenvalue weighted by Crippen LogP contribution is -2.17. The van der Waals surface area contributed by atoms with E-state index in [0.29, 0.717) is 19.0 Å². The van der Waals surface area contributed by atoms with Crippen LogP contribution >= 0.6 is 0 Å². The van der Waals surface area contributed by atoms with Crippen LogP contribution in [-0.2, 0) is 24.2 Å². The van der Waals surface area contributed by atoms with Crippen LogP contribution in [0, 0.1) is 13.8 Å². The minimum atomic E-state index is 0.533. The van der Waals surface area contributed by atoms with Crippen molar-refractivity contribution in [3.05, 3.63) is 52.0 Å². The molecule has 2 aromatic rings. The monoisotopic (exact) mass is 269 g/mol. The number of nitrogen functional groups attached to an aromatic ring is 1. The lowest BCUT2D eigenvalue weighted by atomic mass is 10.0. The van der Waals surface area contributed by atoms with Crippen molar-refractivity contribution in [3.63, 3.8) is 0 Å². The van der Waals surface area contributed by atoms with E-state index in [1.807, 2.05) is 0 Å². The van der Waals surface area contributed by atoms with Gasteiger partial charge in [0.15, 0.2) is 0 Å². The first kappa shape index (κ1) is 13.1. The number of aromatic nitrogens is 2. The molecule has 0 amide bonds. The predicted octanol–water partition coefficient (Wildman–Crippen LogP) is 2.34. The summed E-state index contributed by atoms with van der Waals surface area (Å²) < 4.78 is 5.40. The average Bonchev–Trinajstić information content (AvgIpc) is 2.43. The molecule has 0 atom stereocenters. The van der Waals surface area contributed by atoms with Crippen LogP contribution in [0.4, 0.5) is 5.82 Å². The molecule has 4 nitrogen and oxygen atoms in total. The summed E-state index contributed by atoms with van der Waals surface area (Å²) in [5, 5.41) is 0. The zero-order chi connectivity index (χ0) is 14.1. The summed E-state index contributed by atoms with van der Waals surface area (Å²) in [5.41, 5.74) is 11.8. The van der Waals surface area contributed by atoms with Gasteiger partial charge in [0.1, 0.15) is 11.6 Å². The van der Waals surface area contributed by atoms with Crippen LogP contribution in [0.25, 0.3) is 0 Å². The van der Waals surface area contributed by atoms with Gasteiger partial charge in [0.2, 0.25) is 0 Å². The fourth-order valence-electron chi connectivity index (χ4n) is 2.48. The highest BCUT2D eigenvalue weighted by Gasteiger charge is 2.16. The Balaban J connectivity index is 1.90. The highest BCUT2D eigenvalue weighted by molar-refractivity contribution is 5.43. The summed E-state index contributed by atoms with van der Waals surface area (Å²) in [4.78, 5) is 9.07. The molecule has 104 valence electrons. The van der Waals surface area contributed by atoms with E-state index in [1.165, 1.54) is 16.7 Å². The molecule has 0 spiro atoms. The van der Waals surface area contributed by atoms with Crippen LogP contribution < -0.4 is 5.73 Å². The summed E-state index contributed by atoms with van der Waals surface area (Å²) in [5.74, 6) is 1.36. The molecule has 0 aliphatic carbocycles. The number of fused-ring (bicyclic) bond motifs is 1. The van der Waals surface area contributed by atoms with Gasteiger partial charge in [-0.1, -0.05) is 18.2 Å². The largest absolute Gasteiger partial charge is 0.383 e. The van der Waals surface area contributed by atoms with Crippen LogP contribution in [0.5, 0.6) is 0 Å². The van der Waals surface area contributed by atoms with E-state index in [2.05, 4.69) is 42.0 Å². The van der Waals surface area contributed by atoms with E-state index >= 15 is 0 Å². The second-order valence-electron chi connectivity index (χ2n) is 5.35. The van der Waals surface area contributed by atoms with E-state index in [-0.39, 0.29) is 0 Å². The summed E-state index contributed by atoms with van der Waals surface area (Å²) in [6, 6.07) is 6.46. The highest BCUT2D eigenvalue weighted by Crippen LogP contribution is 2.21. The van der Waals surface area contributed by atoms with Crippen molar-refractivity contribution in [2.45, 2.75) is 33.3 Å². The molecule has 0 unspecified atom stereocenters. The zero-order valence-corrected chi connectivity index (χ0v) is 11.9. The molecule has 2 heterocycles. The number of aryl methyl sites for hydroxylation is 2. The number of hydrogen-bond donors (Lipinski definition) is 1. The lowest BCUT2D eigenvalue weighted by Gasteiger charge is -2.17. The van der Waals surface area contributed by atoms with Gasteiger partial charge < -0.3 is 10.5 Å². The molecule has 4 heteroatoms. The molecular formula is C16H19N3O. The van der Waals surface area contributed by atoms with Gasteiger partial charge in [-0.2, -0.15) is 0 Å². The van der Waals surface area contributed by atoms with Gasteiger partial charge in [-0.05, 0) is 30.5 Å². The van der Waals surface area contributed by atoms with Gasteiger partial charge in [0, 0.05) is 18.4 Å². The van der Waals surface area contributed by atoms with E-state index < -0.39 is 0 Å². The third-order valence-electron chi connectivity index (χ3n) is 3.83. The van der Waals surface area contributed by atoms with E-state index in [4.69, 9.17) is 10.5 Å². The molecule has 0 bridgehead atoms. The molecule has 1 aliphatic rings. The molecule has 0 saturated heterocycles. The number of hydrogen-bond acceptors (Lipinski definition) is 4. The van der Waals surface area contributed by atoms with Gasteiger partial charge in [-0.25, -0.2) is 9.97 Å². The second-order valence-corrected chi connectivity index (χ2v) is 5.35. The molecule has 0 saturated carbocycles. The first-order valence-corrected chi connectivity index (χ1v) is 6.91. The first-order valence-electron chi connectivity index (χ1n) is 6.91. The number of benzene rings is 1. The Kier molecular flexibility index (Phi) is 3.40. The fourth-order valence-corrected chi connectivity index (χ4v) is 2.48. The predicted molar refractivity (Wildman–Crippen MR) is 78.5 cm³/mol. The van der Waals surface area contributed by atoms with Gasteiger partial charge in [-0.15, -0.1) is 0 Å². The van der Waals surface area contributed by atoms with E-state index in [1.54, 1.807) is 0 Å². The minimum Gasteiger partial charge on any atom is -0.383 e. The highest BCUT2D eigenvalue weighted by atomic mass is 16.5. The topological polar surface area (TPSA) is 61.0 Å². The van der Waals surface area contributed by atoms with Gasteiger partial charge >= 0.3 is 0 Å². The van der Waals surface area contributed by atoms with Crippen LogP contribution in [0.2, 0.25) is 0 Å². The Morgan fingerprint density at radius 1 is 1.20 bits per heavy atom. The quantitative estimate of drug-likeness (QED) is 0.909. The number of ether oxygens (including phenoxy) is 1. The van der Waals surface area contributed by atoms with Gasteiger partial charge in [0.25, 0.3) is 0 Å². The standard InChI is InChI=1S/C16H19N3O/c1-10-3-4-12(7-11(10)2)8-15-18-14-5-6-20-9-13(14)16(17)19-15/h3-4,7H,5-6,8-9H2,1-2H3,(H2,17,18,19). The molecule has 1 aliphatic heterocycles. The molecule has 20 heavy (non-hydrogen) atoms. The molecule has 0 fully saturated rings. The Bertz CT molecular complexity index is 652. The Morgan fingerprint density at radius 2 is 2.05 bits per heavy atom. The number of nitrogens with zero attached hydrogens (tertiary/aromatic N) is 2. The Morgan fingerprint density at radius 3 is 2.85 bits per heavy atom. The normalized spacial score (nSPS) is 14.1. The summed E-state index contributed by atoms with van der Waals surface area (Å²) in [6.07, 6.45) is 1.54. The molecule has 0 radical (unpaired) electrons. The number of nitrogens with two attached hydrogens (primary N) is 1. The van der Waals surface area contributed by atoms with Crippen molar-refractivity contribution in [3.8, 4) is 0 Å². The van der Waals surface area contributed by atoms with Crippen molar-refractivity contribution in [2.75, 3.05) is 12.3 Å². The fraction of sp³-hybridized carbons (Fsp3) is 0.375. The maximum atomic E-state index is 6.02. The maximum absolute atomic E-state index is 6.02. The maximum Gasteiger partial charge on any atom is 0.135 e. The Labute approximate surface area is 119 Å². The average molecular weight is 269 g/mol. The van der Waals surface area contributed by atoms with E-state index in [9.17, 15) is 0 Å². The number of anilines is 1. The van der Waals surface area contributed by atoms with Crippen molar-refractivity contribution in [1.82, 2.24) is 9.97 Å². The van der Waals surface area contributed by atoms with Crippen molar-refractivity contribution >= 4 is 5.82 Å². The van der Waals surface area contributed by atoms with Crippen molar-refractivity contribution < 1.29 is 4.74 Å². The minimum absolute atomic E-state index is 0.533. The summed E-state index contributed by atoms with van der Waals surface area (Å²) in [7, 11) is 0. The molecule has 2 N–H and O–H groups in total. The van der Waals surface area contributed by atoms with E-state index in [0.717, 1.165) is 29.9 Å². The van der Waals surface area contributed by atoms with Crippen LogP contribution in [0.15, 0.2) is 18.2 Å². The summed E-state index contributed by atoms with van der Waals surface area (Å²) in [6.45, 7) is 5.49. The first-order chi connectivity index (χ1) is 9.63. The van der Waals surface area contributed by atoms with Crippen LogP contribution in [0.1, 0.15) is 33.8 Å². The second kappa shape index (κ2) is 5.21.